The van der Waals surface area contributed by atoms with Crippen molar-refractivity contribution in [3.8, 4) is 0 Å². The molecule has 1 saturated heterocycles. The molecular formula is C23H23N3OS. The van der Waals surface area contributed by atoms with Crippen molar-refractivity contribution in [1.29, 1.82) is 0 Å². The smallest absolute Gasteiger partial charge is 0.255 e. The van der Waals surface area contributed by atoms with Crippen LogP contribution in [-0.2, 0) is 0 Å². The summed E-state index contributed by atoms with van der Waals surface area (Å²) in [5, 5.41) is 3.91. The van der Waals surface area contributed by atoms with Crippen LogP contribution in [0, 0.1) is 5.92 Å². The van der Waals surface area contributed by atoms with Crippen LogP contribution in [0.4, 0.5) is 11.4 Å². The highest BCUT2D eigenvalue weighted by Gasteiger charge is 2.18. The number of nitrogens with one attached hydrogen (secondary N) is 1. The molecule has 28 heavy (non-hydrogen) atoms. The Morgan fingerprint density at radius 3 is 2.50 bits per heavy atom. The third-order valence-electron chi connectivity index (χ3n) is 4.89. The Morgan fingerprint density at radius 1 is 1.07 bits per heavy atom. The highest BCUT2D eigenvalue weighted by Crippen LogP contribution is 2.27. The normalized spacial score (nSPS) is 16.2. The number of hydrogen-bond acceptors (Lipinski definition) is 4. The van der Waals surface area contributed by atoms with Gasteiger partial charge >= 0.3 is 0 Å². The number of anilines is 2. The number of carbonyl (C=O) groups is 1. The minimum atomic E-state index is -0.100. The zero-order valence-corrected chi connectivity index (χ0v) is 16.7. The lowest BCUT2D eigenvalue weighted by atomic mass is 10.2. The fourth-order valence-corrected chi connectivity index (χ4v) is 4.10. The summed E-state index contributed by atoms with van der Waals surface area (Å²) in [4.78, 5) is 20.3. The number of amides is 1. The van der Waals surface area contributed by atoms with Crippen molar-refractivity contribution in [3.05, 3.63) is 78.5 Å². The van der Waals surface area contributed by atoms with Crippen molar-refractivity contribution in [2.45, 2.75) is 23.3 Å². The van der Waals surface area contributed by atoms with Crippen LogP contribution < -0.4 is 10.2 Å². The number of nitrogens with zero attached hydrogens (tertiary/aromatic N) is 2. The SMILES string of the molecule is CC1CCN(c2ccc(NC(=O)c3ccc(Sc4ccccn4)cc3)cc2)C1. The molecule has 1 atom stereocenters. The Balaban J connectivity index is 1.36. The Bertz CT molecular complexity index is 926. The highest BCUT2D eigenvalue weighted by molar-refractivity contribution is 7.99. The standard InChI is InChI=1S/C23H23N3OS/c1-17-13-15-26(16-17)20-9-7-19(8-10-20)25-23(27)18-5-11-21(12-6-18)28-22-4-2-3-14-24-22/h2-12,14,17H,13,15-16H2,1H3,(H,25,27). The van der Waals surface area contributed by atoms with E-state index < -0.39 is 0 Å². The topological polar surface area (TPSA) is 45.2 Å². The van der Waals surface area contributed by atoms with E-state index >= 15 is 0 Å². The van der Waals surface area contributed by atoms with Gasteiger partial charge in [-0.15, -0.1) is 0 Å². The van der Waals surface area contributed by atoms with Gasteiger partial charge < -0.3 is 10.2 Å². The molecule has 1 aliphatic rings. The zero-order valence-electron chi connectivity index (χ0n) is 15.8. The largest absolute Gasteiger partial charge is 0.371 e. The van der Waals surface area contributed by atoms with Crippen LogP contribution in [0.2, 0.25) is 0 Å². The van der Waals surface area contributed by atoms with Crippen LogP contribution in [0.15, 0.2) is 82.8 Å². The minimum Gasteiger partial charge on any atom is -0.371 e. The van der Waals surface area contributed by atoms with Gasteiger partial charge in [0.15, 0.2) is 0 Å². The molecule has 0 bridgehead atoms. The van der Waals surface area contributed by atoms with Gasteiger partial charge in [-0.25, -0.2) is 4.98 Å². The van der Waals surface area contributed by atoms with Crippen molar-refractivity contribution in [2.24, 2.45) is 5.92 Å². The van der Waals surface area contributed by atoms with Crippen LogP contribution in [0.3, 0.4) is 0 Å². The lowest BCUT2D eigenvalue weighted by Crippen LogP contribution is -2.19. The molecule has 4 nitrogen and oxygen atoms in total. The number of carbonyl (C=O) groups excluding carboxylic acids is 1. The number of aromatic nitrogens is 1. The third-order valence-corrected chi connectivity index (χ3v) is 5.85. The fraction of sp³-hybridized carbons (Fsp3) is 0.217. The molecule has 1 N–H and O–H groups in total. The molecule has 1 amide bonds. The van der Waals surface area contributed by atoms with Gasteiger partial charge in [0.25, 0.3) is 5.91 Å². The minimum absolute atomic E-state index is 0.100. The number of rotatable bonds is 5. The maximum Gasteiger partial charge on any atom is 0.255 e. The Hall–Kier alpha value is -2.79. The second-order valence-corrected chi connectivity index (χ2v) is 8.23. The van der Waals surface area contributed by atoms with Gasteiger partial charge in [-0.3, -0.25) is 4.79 Å². The van der Waals surface area contributed by atoms with Crippen molar-refractivity contribution in [2.75, 3.05) is 23.3 Å². The van der Waals surface area contributed by atoms with Crippen molar-refractivity contribution in [3.63, 3.8) is 0 Å². The summed E-state index contributed by atoms with van der Waals surface area (Å²) in [5.74, 6) is 0.648. The quantitative estimate of drug-likeness (QED) is 0.640. The summed E-state index contributed by atoms with van der Waals surface area (Å²) in [6, 6.07) is 21.5. The summed E-state index contributed by atoms with van der Waals surface area (Å²) in [5.41, 5.74) is 2.67. The summed E-state index contributed by atoms with van der Waals surface area (Å²) in [6.07, 6.45) is 3.02. The molecule has 2 heterocycles. The Kier molecular flexibility index (Phi) is 5.63. The molecule has 1 fully saturated rings. The molecule has 142 valence electrons. The van der Waals surface area contributed by atoms with Gasteiger partial charge in [-0.2, -0.15) is 0 Å². The summed E-state index contributed by atoms with van der Waals surface area (Å²) >= 11 is 1.58. The van der Waals surface area contributed by atoms with E-state index in [0.717, 1.165) is 34.6 Å². The van der Waals surface area contributed by atoms with Gasteiger partial charge in [-0.1, -0.05) is 24.8 Å². The predicted octanol–water partition coefficient (Wildman–Crippen LogP) is 5.33. The van der Waals surface area contributed by atoms with Crippen LogP contribution in [0.25, 0.3) is 0 Å². The van der Waals surface area contributed by atoms with E-state index in [4.69, 9.17) is 0 Å². The molecule has 2 aromatic carbocycles. The van der Waals surface area contributed by atoms with Crippen LogP contribution in [0.5, 0.6) is 0 Å². The van der Waals surface area contributed by atoms with Gasteiger partial charge in [0.1, 0.15) is 5.03 Å². The zero-order chi connectivity index (χ0) is 19.3. The number of hydrogen-bond donors (Lipinski definition) is 1. The van der Waals surface area contributed by atoms with Crippen molar-refractivity contribution < 1.29 is 4.79 Å². The Morgan fingerprint density at radius 2 is 1.86 bits per heavy atom. The molecular weight excluding hydrogens is 366 g/mol. The first kappa shape index (κ1) is 18.6. The van der Waals surface area contributed by atoms with Gasteiger partial charge in [0.05, 0.1) is 0 Å². The average molecular weight is 390 g/mol. The predicted molar refractivity (Wildman–Crippen MR) is 115 cm³/mol. The lowest BCUT2D eigenvalue weighted by molar-refractivity contribution is 0.102. The van der Waals surface area contributed by atoms with Crippen LogP contribution in [-0.4, -0.2) is 24.0 Å². The molecule has 5 heteroatoms. The molecule has 0 saturated carbocycles. The molecule has 4 rings (SSSR count). The Labute approximate surface area is 170 Å². The lowest BCUT2D eigenvalue weighted by Gasteiger charge is -2.18. The molecule has 3 aromatic rings. The van der Waals surface area contributed by atoms with Gasteiger partial charge in [0, 0.05) is 41.1 Å². The first-order valence-electron chi connectivity index (χ1n) is 9.53. The third kappa shape index (κ3) is 4.54. The molecule has 1 aromatic heterocycles. The second kappa shape index (κ2) is 8.48. The monoisotopic (exact) mass is 389 g/mol. The summed E-state index contributed by atoms with van der Waals surface area (Å²) in [7, 11) is 0. The summed E-state index contributed by atoms with van der Waals surface area (Å²) in [6.45, 7) is 4.50. The molecule has 1 unspecified atom stereocenters. The van der Waals surface area contributed by atoms with E-state index in [9.17, 15) is 4.79 Å². The first-order valence-corrected chi connectivity index (χ1v) is 10.3. The van der Waals surface area contributed by atoms with Gasteiger partial charge in [-0.05, 0) is 73.0 Å². The van der Waals surface area contributed by atoms with E-state index in [2.05, 4.69) is 34.3 Å². The molecule has 0 spiro atoms. The fourth-order valence-electron chi connectivity index (χ4n) is 3.33. The van der Waals surface area contributed by atoms with Crippen LogP contribution in [0.1, 0.15) is 23.7 Å². The van der Waals surface area contributed by atoms with Crippen molar-refractivity contribution in [1.82, 2.24) is 4.98 Å². The molecule has 0 radical (unpaired) electrons. The van der Waals surface area contributed by atoms with E-state index in [1.54, 1.807) is 18.0 Å². The maximum absolute atomic E-state index is 12.5. The van der Waals surface area contributed by atoms with E-state index in [-0.39, 0.29) is 5.91 Å². The molecule has 0 aliphatic carbocycles. The first-order chi connectivity index (χ1) is 13.7. The van der Waals surface area contributed by atoms with E-state index in [0.29, 0.717) is 5.56 Å². The van der Waals surface area contributed by atoms with Crippen LogP contribution >= 0.6 is 11.8 Å². The maximum atomic E-state index is 12.5. The second-order valence-electron chi connectivity index (χ2n) is 7.14. The van der Waals surface area contributed by atoms with Gasteiger partial charge in [0.2, 0.25) is 0 Å². The summed E-state index contributed by atoms with van der Waals surface area (Å²) < 4.78 is 0. The van der Waals surface area contributed by atoms with E-state index in [1.165, 1.54) is 12.1 Å². The number of pyridine rings is 1. The number of benzene rings is 2. The van der Waals surface area contributed by atoms with Crippen molar-refractivity contribution >= 4 is 29.0 Å². The molecule has 1 aliphatic heterocycles. The highest BCUT2D eigenvalue weighted by atomic mass is 32.2. The average Bonchev–Trinajstić information content (AvgIpc) is 3.16. The van der Waals surface area contributed by atoms with E-state index in [1.807, 2.05) is 54.6 Å².